The molecule has 3 aliphatic rings. The first-order valence-corrected chi connectivity index (χ1v) is 6.41. The molecule has 0 saturated carbocycles. The summed E-state index contributed by atoms with van der Waals surface area (Å²) >= 11 is 0. The topological polar surface area (TPSA) is 12.0 Å². The van der Waals surface area contributed by atoms with Gasteiger partial charge in [-0.05, 0) is 43.1 Å². The lowest BCUT2D eigenvalue weighted by Crippen LogP contribution is -2.32. The summed E-state index contributed by atoms with van der Waals surface area (Å²) in [6, 6.07) is 0.629. The Morgan fingerprint density at radius 1 is 1.33 bits per heavy atom. The Kier molecular flexibility index (Phi) is 2.15. The Morgan fingerprint density at radius 2 is 2.20 bits per heavy atom. The van der Waals surface area contributed by atoms with E-state index in [1.807, 2.05) is 0 Å². The van der Waals surface area contributed by atoms with E-state index in [0.29, 0.717) is 6.04 Å². The summed E-state index contributed by atoms with van der Waals surface area (Å²) in [6.07, 6.45) is 10.1. The lowest BCUT2D eigenvalue weighted by atomic mass is 9.74. The van der Waals surface area contributed by atoms with Crippen molar-refractivity contribution in [1.82, 2.24) is 5.32 Å². The van der Waals surface area contributed by atoms with Crippen molar-refractivity contribution in [3.05, 3.63) is 23.4 Å². The van der Waals surface area contributed by atoms with Gasteiger partial charge >= 0.3 is 0 Å². The average molecular weight is 203 g/mol. The van der Waals surface area contributed by atoms with Gasteiger partial charge in [-0.3, -0.25) is 0 Å². The molecule has 0 saturated heterocycles. The van der Waals surface area contributed by atoms with E-state index in [-0.39, 0.29) is 0 Å². The fourth-order valence-electron chi connectivity index (χ4n) is 3.61. The van der Waals surface area contributed by atoms with E-state index in [0.717, 1.165) is 17.8 Å². The molecule has 1 heterocycles. The molecule has 1 heteroatoms. The van der Waals surface area contributed by atoms with E-state index in [4.69, 9.17) is 0 Å². The molecule has 0 fully saturated rings. The van der Waals surface area contributed by atoms with Crippen LogP contribution in [0.15, 0.2) is 23.4 Å². The minimum absolute atomic E-state index is 0.629. The zero-order chi connectivity index (χ0) is 10.4. The maximum Gasteiger partial charge on any atom is 0.0510 e. The van der Waals surface area contributed by atoms with Crippen molar-refractivity contribution in [3.63, 3.8) is 0 Å². The minimum Gasteiger partial charge on any atom is -0.382 e. The molecule has 1 aliphatic heterocycles. The smallest absolute Gasteiger partial charge is 0.0510 e. The first kappa shape index (κ1) is 9.50. The molecule has 0 bridgehead atoms. The first-order valence-electron chi connectivity index (χ1n) is 6.41. The zero-order valence-electron chi connectivity index (χ0n) is 9.79. The maximum atomic E-state index is 3.74. The van der Waals surface area contributed by atoms with Gasteiger partial charge in [-0.25, -0.2) is 0 Å². The van der Waals surface area contributed by atoms with E-state index in [2.05, 4.69) is 31.3 Å². The van der Waals surface area contributed by atoms with Crippen LogP contribution in [-0.4, -0.2) is 6.04 Å². The summed E-state index contributed by atoms with van der Waals surface area (Å²) < 4.78 is 0. The highest BCUT2D eigenvalue weighted by atomic mass is 15.0. The second-order valence-corrected chi connectivity index (χ2v) is 5.69. The molecule has 0 spiro atoms. The Balaban J connectivity index is 1.92. The van der Waals surface area contributed by atoms with Gasteiger partial charge in [0.1, 0.15) is 0 Å². The van der Waals surface area contributed by atoms with Gasteiger partial charge in [0.15, 0.2) is 0 Å². The molecule has 15 heavy (non-hydrogen) atoms. The molecule has 4 unspecified atom stereocenters. The summed E-state index contributed by atoms with van der Waals surface area (Å²) in [5.74, 6) is 2.56. The van der Waals surface area contributed by atoms with E-state index < -0.39 is 0 Å². The predicted octanol–water partition coefficient (Wildman–Crippen LogP) is 3.24. The minimum atomic E-state index is 0.629. The molecular weight excluding hydrogens is 182 g/mol. The van der Waals surface area contributed by atoms with Gasteiger partial charge in [-0.15, -0.1) is 0 Å². The summed E-state index contributed by atoms with van der Waals surface area (Å²) in [5.41, 5.74) is 3.37. The lowest BCUT2D eigenvalue weighted by molar-refractivity contribution is 0.350. The second kappa shape index (κ2) is 3.40. The number of hydrogen-bond donors (Lipinski definition) is 1. The van der Waals surface area contributed by atoms with Crippen LogP contribution < -0.4 is 5.32 Å². The SMILES string of the molecule is CC1CCC2=C(C1)C1C(C)CC=CC1N2. The molecule has 2 aliphatic carbocycles. The molecule has 0 amide bonds. The van der Waals surface area contributed by atoms with Crippen LogP contribution in [0.25, 0.3) is 0 Å². The van der Waals surface area contributed by atoms with Crippen LogP contribution in [0.4, 0.5) is 0 Å². The molecule has 82 valence electrons. The molecular formula is C14H21N. The standard InChI is InChI=1S/C14H21N/c1-9-6-7-12-11(8-9)14-10(2)4-3-5-13(14)15-12/h3,5,9-10,13-15H,4,6-8H2,1-2H3. The number of fused-ring (bicyclic) bond motifs is 2. The van der Waals surface area contributed by atoms with Crippen molar-refractivity contribution < 1.29 is 0 Å². The van der Waals surface area contributed by atoms with Crippen molar-refractivity contribution in [2.75, 3.05) is 0 Å². The van der Waals surface area contributed by atoms with Gasteiger partial charge in [0.2, 0.25) is 0 Å². The van der Waals surface area contributed by atoms with Crippen LogP contribution in [0.1, 0.15) is 39.5 Å². The molecule has 0 aromatic rings. The fourth-order valence-corrected chi connectivity index (χ4v) is 3.61. The van der Waals surface area contributed by atoms with E-state index >= 15 is 0 Å². The number of hydrogen-bond acceptors (Lipinski definition) is 1. The van der Waals surface area contributed by atoms with Gasteiger partial charge in [-0.1, -0.05) is 26.0 Å². The highest BCUT2D eigenvalue weighted by molar-refractivity contribution is 5.32. The predicted molar refractivity (Wildman–Crippen MR) is 63.4 cm³/mol. The maximum absolute atomic E-state index is 3.74. The van der Waals surface area contributed by atoms with Gasteiger partial charge < -0.3 is 5.32 Å². The van der Waals surface area contributed by atoms with Crippen molar-refractivity contribution in [2.24, 2.45) is 17.8 Å². The van der Waals surface area contributed by atoms with Crippen LogP contribution in [0.5, 0.6) is 0 Å². The molecule has 0 aromatic heterocycles. The van der Waals surface area contributed by atoms with E-state index in [1.165, 1.54) is 25.7 Å². The largest absolute Gasteiger partial charge is 0.382 e. The van der Waals surface area contributed by atoms with Crippen LogP contribution in [0, 0.1) is 17.8 Å². The third-order valence-corrected chi connectivity index (χ3v) is 4.44. The first-order chi connectivity index (χ1) is 7.25. The van der Waals surface area contributed by atoms with Gasteiger partial charge in [0.25, 0.3) is 0 Å². The Labute approximate surface area is 92.6 Å². The summed E-state index contributed by atoms with van der Waals surface area (Å²) in [4.78, 5) is 0. The van der Waals surface area contributed by atoms with Gasteiger partial charge in [0.05, 0.1) is 6.04 Å². The van der Waals surface area contributed by atoms with Crippen molar-refractivity contribution in [1.29, 1.82) is 0 Å². The lowest BCUT2D eigenvalue weighted by Gasteiger charge is -2.30. The number of nitrogens with one attached hydrogen (secondary N) is 1. The highest BCUT2D eigenvalue weighted by Gasteiger charge is 2.39. The van der Waals surface area contributed by atoms with Crippen LogP contribution in [0.2, 0.25) is 0 Å². The van der Waals surface area contributed by atoms with Crippen LogP contribution in [0.3, 0.4) is 0 Å². The average Bonchev–Trinajstić information content (AvgIpc) is 2.57. The normalized spacial score (nSPS) is 43.6. The summed E-state index contributed by atoms with van der Waals surface area (Å²) in [6.45, 7) is 4.82. The number of allylic oxidation sites excluding steroid dienone is 2. The molecule has 1 N–H and O–H groups in total. The van der Waals surface area contributed by atoms with E-state index in [9.17, 15) is 0 Å². The van der Waals surface area contributed by atoms with Crippen LogP contribution >= 0.6 is 0 Å². The Bertz CT molecular complexity index is 326. The highest BCUT2D eigenvalue weighted by Crippen LogP contribution is 2.44. The van der Waals surface area contributed by atoms with Gasteiger partial charge in [0, 0.05) is 11.6 Å². The molecule has 0 aromatic carbocycles. The van der Waals surface area contributed by atoms with Gasteiger partial charge in [-0.2, -0.15) is 0 Å². The third kappa shape index (κ3) is 1.44. The fraction of sp³-hybridized carbons (Fsp3) is 0.714. The zero-order valence-corrected chi connectivity index (χ0v) is 9.79. The Morgan fingerprint density at radius 3 is 3.07 bits per heavy atom. The molecule has 1 nitrogen and oxygen atoms in total. The number of rotatable bonds is 0. The Hall–Kier alpha value is -0.720. The van der Waals surface area contributed by atoms with Crippen molar-refractivity contribution in [3.8, 4) is 0 Å². The van der Waals surface area contributed by atoms with Crippen molar-refractivity contribution >= 4 is 0 Å². The molecule has 4 atom stereocenters. The quantitative estimate of drug-likeness (QED) is 0.596. The summed E-state index contributed by atoms with van der Waals surface area (Å²) in [5, 5.41) is 3.74. The van der Waals surface area contributed by atoms with Crippen molar-refractivity contribution in [2.45, 2.75) is 45.6 Å². The van der Waals surface area contributed by atoms with E-state index in [1.54, 1.807) is 11.3 Å². The third-order valence-electron chi connectivity index (χ3n) is 4.44. The van der Waals surface area contributed by atoms with Crippen LogP contribution in [-0.2, 0) is 0 Å². The molecule has 3 rings (SSSR count). The monoisotopic (exact) mass is 203 g/mol. The second-order valence-electron chi connectivity index (χ2n) is 5.69. The molecule has 0 radical (unpaired) electrons. The summed E-state index contributed by atoms with van der Waals surface area (Å²) in [7, 11) is 0.